The second-order valence-electron chi connectivity index (χ2n) is 9.25. The molecule has 1 saturated carbocycles. The number of rotatable bonds is 1. The molecule has 3 aliphatic rings. The average molecular weight is 473 g/mol. The van der Waals surface area contributed by atoms with Crippen molar-refractivity contribution in [3.05, 3.63) is 20.8 Å². The molecule has 1 aliphatic carbocycles. The number of ether oxygens (including phenoxy) is 2. The van der Waals surface area contributed by atoms with Crippen LogP contribution in [0.4, 0.5) is 0 Å². The van der Waals surface area contributed by atoms with Crippen LogP contribution in [0.5, 0.6) is 0 Å². The van der Waals surface area contributed by atoms with Gasteiger partial charge in [-0.2, -0.15) is 15.8 Å². The van der Waals surface area contributed by atoms with Crippen molar-refractivity contribution in [3.8, 4) is 18.2 Å². The molecule has 29 heavy (non-hydrogen) atoms. The fourth-order valence-corrected chi connectivity index (χ4v) is 6.88. The summed E-state index contributed by atoms with van der Waals surface area (Å²) in [5, 5.41) is 41.4. The molecular formula is C21H21BrN4O2S. The van der Waals surface area contributed by atoms with E-state index in [1.807, 2.05) is 11.4 Å². The minimum atomic E-state index is -1.87. The lowest BCUT2D eigenvalue weighted by Gasteiger charge is -2.54. The SMILES string of the molecule is CC(C)(C)C1CCC23OC(=N)C(C#N)(C2C1)C(C#N)(C#N)C(c1cc(Br)cs1)O3. The van der Waals surface area contributed by atoms with E-state index in [1.54, 1.807) is 0 Å². The van der Waals surface area contributed by atoms with Gasteiger partial charge in [0.05, 0.1) is 24.1 Å². The van der Waals surface area contributed by atoms with Crippen LogP contribution in [0.25, 0.3) is 0 Å². The Balaban J connectivity index is 1.94. The van der Waals surface area contributed by atoms with Gasteiger partial charge in [-0.05, 0) is 46.2 Å². The second-order valence-corrected chi connectivity index (χ2v) is 11.1. The molecule has 0 spiro atoms. The Morgan fingerprint density at radius 1 is 1.24 bits per heavy atom. The van der Waals surface area contributed by atoms with Crippen LogP contribution in [0, 0.1) is 67.5 Å². The first kappa shape index (κ1) is 20.4. The zero-order valence-electron chi connectivity index (χ0n) is 16.5. The predicted molar refractivity (Wildman–Crippen MR) is 109 cm³/mol. The smallest absolute Gasteiger partial charge is 0.217 e. The normalized spacial score (nSPS) is 37.6. The van der Waals surface area contributed by atoms with Crippen molar-refractivity contribution < 1.29 is 9.47 Å². The molecular weight excluding hydrogens is 452 g/mol. The van der Waals surface area contributed by atoms with E-state index in [0.717, 1.165) is 10.9 Å². The summed E-state index contributed by atoms with van der Waals surface area (Å²) in [4.78, 5) is 0.675. The molecule has 4 rings (SSSR count). The minimum Gasteiger partial charge on any atom is -0.447 e. The molecule has 1 aromatic rings. The van der Waals surface area contributed by atoms with E-state index in [4.69, 9.17) is 14.9 Å². The van der Waals surface area contributed by atoms with Gasteiger partial charge in [-0.1, -0.05) is 20.8 Å². The highest BCUT2D eigenvalue weighted by Crippen LogP contribution is 2.71. The van der Waals surface area contributed by atoms with Crippen molar-refractivity contribution >= 4 is 33.2 Å². The number of hydrogen-bond acceptors (Lipinski definition) is 7. The van der Waals surface area contributed by atoms with Crippen LogP contribution < -0.4 is 0 Å². The Kier molecular flexibility index (Phi) is 4.41. The molecule has 0 amide bonds. The molecule has 6 nitrogen and oxygen atoms in total. The summed E-state index contributed by atoms with van der Waals surface area (Å²) in [7, 11) is 0. The summed E-state index contributed by atoms with van der Waals surface area (Å²) >= 11 is 4.78. The molecule has 0 radical (unpaired) electrons. The van der Waals surface area contributed by atoms with E-state index in [-0.39, 0.29) is 17.2 Å². The Morgan fingerprint density at radius 3 is 2.45 bits per heavy atom. The molecule has 3 fully saturated rings. The molecule has 0 aromatic carbocycles. The van der Waals surface area contributed by atoms with Crippen LogP contribution in [0.3, 0.4) is 0 Å². The van der Waals surface area contributed by atoms with Gasteiger partial charge in [0.2, 0.25) is 17.1 Å². The van der Waals surface area contributed by atoms with Crippen LogP contribution in [-0.2, 0) is 9.47 Å². The lowest BCUT2D eigenvalue weighted by molar-refractivity contribution is -0.300. The van der Waals surface area contributed by atoms with Gasteiger partial charge in [0.25, 0.3) is 0 Å². The van der Waals surface area contributed by atoms with Gasteiger partial charge in [0, 0.05) is 21.2 Å². The predicted octanol–water partition coefficient (Wildman–Crippen LogP) is 5.29. The van der Waals surface area contributed by atoms with Gasteiger partial charge in [-0.15, -0.1) is 11.3 Å². The summed E-state index contributed by atoms with van der Waals surface area (Å²) in [5.41, 5.74) is -3.54. The highest BCUT2D eigenvalue weighted by Gasteiger charge is 2.81. The van der Waals surface area contributed by atoms with E-state index in [2.05, 4.69) is 54.9 Å². The monoisotopic (exact) mass is 472 g/mol. The summed E-state index contributed by atoms with van der Waals surface area (Å²) in [6.07, 6.45) is 0.980. The van der Waals surface area contributed by atoms with Gasteiger partial charge < -0.3 is 9.47 Å². The third-order valence-electron chi connectivity index (χ3n) is 6.98. The highest BCUT2D eigenvalue weighted by atomic mass is 79.9. The molecule has 2 saturated heterocycles. The maximum absolute atomic E-state index is 10.4. The number of nitrogens with zero attached hydrogens (tertiary/aromatic N) is 3. The molecule has 8 heteroatoms. The van der Waals surface area contributed by atoms with Crippen molar-refractivity contribution in [3.63, 3.8) is 0 Å². The van der Waals surface area contributed by atoms with Crippen molar-refractivity contribution in [1.29, 1.82) is 21.2 Å². The fourth-order valence-electron chi connectivity index (χ4n) is 5.34. The van der Waals surface area contributed by atoms with E-state index >= 15 is 0 Å². The summed E-state index contributed by atoms with van der Waals surface area (Å²) < 4.78 is 13.2. The van der Waals surface area contributed by atoms with Crippen LogP contribution in [0.15, 0.2) is 15.9 Å². The summed E-state index contributed by atoms with van der Waals surface area (Å²) in [6.45, 7) is 6.46. The Labute approximate surface area is 182 Å². The van der Waals surface area contributed by atoms with E-state index in [0.29, 0.717) is 17.7 Å². The first-order valence-electron chi connectivity index (χ1n) is 9.54. The van der Waals surface area contributed by atoms with Gasteiger partial charge in [-0.25, -0.2) is 0 Å². The molecule has 3 heterocycles. The maximum atomic E-state index is 10.4. The van der Waals surface area contributed by atoms with E-state index in [9.17, 15) is 15.8 Å². The molecule has 5 unspecified atom stereocenters. The van der Waals surface area contributed by atoms with E-state index < -0.39 is 28.6 Å². The first-order valence-corrected chi connectivity index (χ1v) is 11.2. The van der Waals surface area contributed by atoms with E-state index in [1.165, 1.54) is 11.3 Å². The Bertz CT molecular complexity index is 996. The molecule has 1 aromatic heterocycles. The molecule has 5 atom stereocenters. The molecule has 2 bridgehead atoms. The van der Waals surface area contributed by atoms with Crippen molar-refractivity contribution in [2.45, 2.75) is 51.9 Å². The van der Waals surface area contributed by atoms with Crippen molar-refractivity contribution in [2.24, 2.45) is 28.1 Å². The highest BCUT2D eigenvalue weighted by molar-refractivity contribution is 9.10. The van der Waals surface area contributed by atoms with Gasteiger partial charge in [0.1, 0.15) is 6.10 Å². The lowest BCUT2D eigenvalue weighted by atomic mass is 9.50. The van der Waals surface area contributed by atoms with Crippen LogP contribution in [0.1, 0.15) is 51.0 Å². The maximum Gasteiger partial charge on any atom is 0.217 e. The standard InChI is InChI=1S/C21H21BrN4O2S/c1-18(2,3)12-4-5-21-15(6-12)20(11-25,17(26)28-21)19(9-23,10-24)16(27-21)14-7-13(22)8-29-14/h7-8,12,15-16,26H,4-6H2,1-3H3. The quantitative estimate of drug-likeness (QED) is 0.595. The molecule has 1 N–H and O–H groups in total. The lowest BCUT2D eigenvalue weighted by Crippen LogP contribution is -2.61. The zero-order valence-corrected chi connectivity index (χ0v) is 18.9. The summed E-state index contributed by atoms with van der Waals surface area (Å²) in [5.74, 6) is -1.72. The Hall–Kier alpha value is -1.92. The van der Waals surface area contributed by atoms with Gasteiger partial charge in [-0.3, -0.25) is 5.41 Å². The van der Waals surface area contributed by atoms with Crippen LogP contribution in [0.2, 0.25) is 0 Å². The van der Waals surface area contributed by atoms with Crippen LogP contribution in [-0.4, -0.2) is 11.7 Å². The zero-order chi connectivity index (χ0) is 21.2. The topological polar surface area (TPSA) is 114 Å². The van der Waals surface area contributed by atoms with Crippen molar-refractivity contribution in [1.82, 2.24) is 0 Å². The van der Waals surface area contributed by atoms with Crippen molar-refractivity contribution in [2.75, 3.05) is 0 Å². The third-order valence-corrected chi connectivity index (χ3v) is 8.72. The Morgan fingerprint density at radius 2 is 1.93 bits per heavy atom. The molecule has 150 valence electrons. The second kappa shape index (κ2) is 6.29. The van der Waals surface area contributed by atoms with Gasteiger partial charge in [0.15, 0.2) is 5.41 Å². The average Bonchev–Trinajstić information content (AvgIpc) is 3.18. The number of halogens is 1. The fraction of sp³-hybridized carbons (Fsp3) is 0.619. The number of thiophene rings is 1. The number of nitriles is 3. The first-order chi connectivity index (χ1) is 13.6. The largest absolute Gasteiger partial charge is 0.447 e. The molecule has 2 aliphatic heterocycles. The minimum absolute atomic E-state index is 0.00268. The summed E-state index contributed by atoms with van der Waals surface area (Å²) in [6, 6.07) is 8.29. The number of hydrogen-bond donors (Lipinski definition) is 1. The third kappa shape index (κ3) is 2.42. The van der Waals surface area contributed by atoms with Crippen LogP contribution >= 0.6 is 27.3 Å². The number of nitrogens with one attached hydrogen (secondary N) is 1. The van der Waals surface area contributed by atoms with Gasteiger partial charge >= 0.3 is 0 Å².